The van der Waals surface area contributed by atoms with Gasteiger partial charge in [-0.15, -0.1) is 0 Å². The van der Waals surface area contributed by atoms with Crippen molar-refractivity contribution in [2.45, 2.75) is 13.8 Å². The molecule has 0 saturated carbocycles. The molecule has 1 heterocycles. The molecule has 4 heteroatoms. The van der Waals surface area contributed by atoms with Crippen molar-refractivity contribution >= 4 is 5.95 Å². The summed E-state index contributed by atoms with van der Waals surface area (Å²) in [5, 5.41) is 3.09. The number of ether oxygens (including phenoxy) is 1. The topological polar surface area (TPSA) is 39.1 Å². The van der Waals surface area contributed by atoms with Crippen LogP contribution in [0.2, 0.25) is 0 Å². The van der Waals surface area contributed by atoms with Gasteiger partial charge in [0.05, 0.1) is 18.5 Å². The van der Waals surface area contributed by atoms with Crippen LogP contribution in [0.5, 0.6) is 5.75 Å². The Morgan fingerprint density at radius 3 is 2.65 bits per heavy atom. The Bertz CT molecular complexity index is 531. The van der Waals surface area contributed by atoms with Crippen molar-refractivity contribution in [1.29, 1.82) is 0 Å². The van der Waals surface area contributed by atoms with E-state index in [4.69, 9.17) is 4.74 Å². The van der Waals surface area contributed by atoms with Gasteiger partial charge >= 0.3 is 0 Å². The first-order valence-electron chi connectivity index (χ1n) is 5.54. The van der Waals surface area contributed by atoms with E-state index in [1.807, 2.05) is 42.9 Å². The number of benzene rings is 1. The molecular weight excluding hydrogens is 214 g/mol. The van der Waals surface area contributed by atoms with Crippen molar-refractivity contribution in [2.24, 2.45) is 0 Å². The summed E-state index contributed by atoms with van der Waals surface area (Å²) in [6, 6.07) is 6.01. The van der Waals surface area contributed by atoms with Crippen LogP contribution in [0.15, 0.2) is 24.4 Å². The highest BCUT2D eigenvalue weighted by Crippen LogP contribution is 2.23. The number of nitrogens with zero attached hydrogens (tertiary/aromatic N) is 2. The molecule has 1 aromatic carbocycles. The maximum absolute atomic E-state index is 5.21. The van der Waals surface area contributed by atoms with Crippen LogP contribution in [0, 0.1) is 13.8 Å². The van der Waals surface area contributed by atoms with Crippen LogP contribution in [0.1, 0.15) is 11.3 Å². The lowest BCUT2D eigenvalue weighted by atomic mass is 10.2. The number of methoxy groups -OCH3 is 1. The summed E-state index contributed by atoms with van der Waals surface area (Å²) in [6.07, 6.45) is 2.01. The van der Waals surface area contributed by atoms with Crippen LogP contribution in [0.4, 0.5) is 5.95 Å². The summed E-state index contributed by atoms with van der Waals surface area (Å²) in [6.45, 7) is 4.04. The van der Waals surface area contributed by atoms with Gasteiger partial charge < -0.3 is 10.1 Å². The van der Waals surface area contributed by atoms with Crippen LogP contribution in [0.3, 0.4) is 0 Å². The van der Waals surface area contributed by atoms with Crippen molar-refractivity contribution < 1.29 is 4.74 Å². The van der Waals surface area contributed by atoms with Gasteiger partial charge in [0.1, 0.15) is 5.75 Å². The SMILES string of the molecule is CNc1nc(C)cn1-c1ccc(OC)cc1C. The molecule has 0 unspecified atom stereocenters. The molecular formula is C13H17N3O. The van der Waals surface area contributed by atoms with Crippen LogP contribution in [-0.4, -0.2) is 23.7 Å². The number of imidazole rings is 1. The Morgan fingerprint density at radius 1 is 1.29 bits per heavy atom. The van der Waals surface area contributed by atoms with Gasteiger partial charge in [0, 0.05) is 13.2 Å². The number of hydrogen-bond donors (Lipinski definition) is 1. The predicted octanol–water partition coefficient (Wildman–Crippen LogP) is 2.54. The molecule has 1 aromatic heterocycles. The van der Waals surface area contributed by atoms with Gasteiger partial charge in [-0.1, -0.05) is 0 Å². The van der Waals surface area contributed by atoms with E-state index in [1.54, 1.807) is 7.11 Å². The molecule has 4 nitrogen and oxygen atoms in total. The lowest BCUT2D eigenvalue weighted by molar-refractivity contribution is 0.414. The molecule has 0 aliphatic rings. The molecule has 0 saturated heterocycles. The van der Waals surface area contributed by atoms with Crippen LogP contribution >= 0.6 is 0 Å². The predicted molar refractivity (Wildman–Crippen MR) is 69.1 cm³/mol. The zero-order valence-electron chi connectivity index (χ0n) is 10.6. The quantitative estimate of drug-likeness (QED) is 0.882. The van der Waals surface area contributed by atoms with Gasteiger partial charge in [0.2, 0.25) is 5.95 Å². The number of aryl methyl sites for hydroxylation is 2. The third-order valence-corrected chi connectivity index (χ3v) is 2.71. The lowest BCUT2D eigenvalue weighted by Crippen LogP contribution is -2.02. The highest BCUT2D eigenvalue weighted by Gasteiger charge is 2.08. The molecule has 0 atom stereocenters. The van der Waals surface area contributed by atoms with E-state index in [1.165, 1.54) is 0 Å². The molecule has 0 radical (unpaired) electrons. The average molecular weight is 231 g/mol. The van der Waals surface area contributed by atoms with E-state index >= 15 is 0 Å². The Kier molecular flexibility index (Phi) is 3.04. The maximum atomic E-state index is 5.21. The fraction of sp³-hybridized carbons (Fsp3) is 0.308. The van der Waals surface area contributed by atoms with E-state index < -0.39 is 0 Å². The Morgan fingerprint density at radius 2 is 2.06 bits per heavy atom. The molecule has 1 N–H and O–H groups in total. The van der Waals surface area contributed by atoms with Crippen molar-refractivity contribution in [3.63, 3.8) is 0 Å². The van der Waals surface area contributed by atoms with Gasteiger partial charge in [-0.3, -0.25) is 4.57 Å². The second-order valence-corrected chi connectivity index (χ2v) is 3.98. The normalized spacial score (nSPS) is 10.4. The van der Waals surface area contributed by atoms with Crippen LogP contribution in [0.25, 0.3) is 5.69 Å². The second kappa shape index (κ2) is 4.49. The van der Waals surface area contributed by atoms with E-state index in [-0.39, 0.29) is 0 Å². The minimum absolute atomic E-state index is 0.843. The molecule has 0 aliphatic carbocycles. The van der Waals surface area contributed by atoms with E-state index in [9.17, 15) is 0 Å². The third kappa shape index (κ3) is 2.11. The smallest absolute Gasteiger partial charge is 0.207 e. The van der Waals surface area contributed by atoms with Crippen LogP contribution < -0.4 is 10.1 Å². The molecule has 2 aromatic rings. The second-order valence-electron chi connectivity index (χ2n) is 3.98. The van der Waals surface area contributed by atoms with Crippen molar-refractivity contribution in [1.82, 2.24) is 9.55 Å². The molecule has 0 bridgehead atoms. The fourth-order valence-corrected chi connectivity index (χ4v) is 1.88. The van der Waals surface area contributed by atoms with Gasteiger partial charge in [-0.2, -0.15) is 0 Å². The molecule has 0 aliphatic heterocycles. The highest BCUT2D eigenvalue weighted by atomic mass is 16.5. The maximum Gasteiger partial charge on any atom is 0.207 e. The standard InChI is InChI=1S/C13H17N3O/c1-9-7-11(17-4)5-6-12(9)16-8-10(2)15-13(16)14-3/h5-8H,1-4H3,(H,14,15). The fourth-order valence-electron chi connectivity index (χ4n) is 1.88. The van der Waals surface area contributed by atoms with E-state index in [2.05, 4.69) is 17.2 Å². The van der Waals surface area contributed by atoms with Gasteiger partial charge in [-0.05, 0) is 37.6 Å². The Balaban J connectivity index is 2.52. The number of rotatable bonds is 3. The third-order valence-electron chi connectivity index (χ3n) is 2.71. The summed E-state index contributed by atoms with van der Waals surface area (Å²) in [5.41, 5.74) is 3.25. The summed E-state index contributed by atoms with van der Waals surface area (Å²) >= 11 is 0. The van der Waals surface area contributed by atoms with Crippen LogP contribution in [-0.2, 0) is 0 Å². The first-order valence-corrected chi connectivity index (χ1v) is 5.54. The minimum atomic E-state index is 0.843. The Hall–Kier alpha value is -1.97. The monoisotopic (exact) mass is 231 g/mol. The van der Waals surface area contributed by atoms with Gasteiger partial charge in [0.15, 0.2) is 0 Å². The van der Waals surface area contributed by atoms with E-state index in [0.717, 1.165) is 28.6 Å². The molecule has 17 heavy (non-hydrogen) atoms. The summed E-state index contributed by atoms with van der Waals surface area (Å²) < 4.78 is 7.25. The minimum Gasteiger partial charge on any atom is -0.497 e. The van der Waals surface area contributed by atoms with Gasteiger partial charge in [0.25, 0.3) is 0 Å². The Labute approximate surface area is 101 Å². The van der Waals surface area contributed by atoms with Crippen molar-refractivity contribution in [3.8, 4) is 11.4 Å². The van der Waals surface area contributed by atoms with Crippen molar-refractivity contribution in [2.75, 3.05) is 19.5 Å². The number of aromatic nitrogens is 2. The van der Waals surface area contributed by atoms with Crippen molar-refractivity contribution in [3.05, 3.63) is 35.7 Å². The zero-order chi connectivity index (χ0) is 12.4. The summed E-state index contributed by atoms with van der Waals surface area (Å²) in [5.74, 6) is 1.71. The molecule has 0 spiro atoms. The largest absolute Gasteiger partial charge is 0.497 e. The number of hydrogen-bond acceptors (Lipinski definition) is 3. The molecule has 2 rings (SSSR count). The number of nitrogens with one attached hydrogen (secondary N) is 1. The lowest BCUT2D eigenvalue weighted by Gasteiger charge is -2.11. The van der Waals surface area contributed by atoms with E-state index in [0.29, 0.717) is 0 Å². The summed E-state index contributed by atoms with van der Waals surface area (Å²) in [7, 11) is 3.55. The average Bonchev–Trinajstić information content (AvgIpc) is 2.70. The summed E-state index contributed by atoms with van der Waals surface area (Å²) in [4.78, 5) is 4.41. The molecule has 90 valence electrons. The number of anilines is 1. The highest BCUT2D eigenvalue weighted by molar-refractivity contribution is 5.50. The first kappa shape index (κ1) is 11.5. The molecule has 0 amide bonds. The molecule has 0 fully saturated rings. The first-order chi connectivity index (χ1) is 8.15. The zero-order valence-corrected chi connectivity index (χ0v) is 10.6. The van der Waals surface area contributed by atoms with Gasteiger partial charge in [-0.25, -0.2) is 4.98 Å².